The van der Waals surface area contributed by atoms with Crippen molar-refractivity contribution in [1.82, 2.24) is 9.88 Å². The van der Waals surface area contributed by atoms with E-state index in [4.69, 9.17) is 22.1 Å². The second-order valence-electron chi connectivity index (χ2n) is 9.40. The van der Waals surface area contributed by atoms with E-state index in [2.05, 4.69) is 11.6 Å². The first-order valence-corrected chi connectivity index (χ1v) is 10.7. The molecule has 7 heteroatoms. The number of hydrogen-bond acceptors (Lipinski definition) is 4. The van der Waals surface area contributed by atoms with Crippen LogP contribution in [-0.4, -0.2) is 33.0 Å². The van der Waals surface area contributed by atoms with Gasteiger partial charge in [-0.1, -0.05) is 18.2 Å². The number of allylic oxidation sites excluding steroid dienone is 4. The maximum absolute atomic E-state index is 13.7. The quantitative estimate of drug-likeness (QED) is 0.671. The fourth-order valence-corrected chi connectivity index (χ4v) is 4.93. The molecule has 6 nitrogen and oxygen atoms in total. The molecule has 0 aromatic carbocycles. The second-order valence-corrected chi connectivity index (χ2v) is 9.89. The van der Waals surface area contributed by atoms with Gasteiger partial charge in [-0.25, -0.2) is 9.69 Å². The highest BCUT2D eigenvalue weighted by molar-refractivity contribution is 6.31. The molecule has 3 N–H and O–H groups in total. The molecule has 2 heterocycles. The molecular weight excluding hydrogens is 402 g/mol. The van der Waals surface area contributed by atoms with Crippen LogP contribution in [0.1, 0.15) is 73.8 Å². The van der Waals surface area contributed by atoms with Crippen molar-refractivity contribution in [3.63, 3.8) is 0 Å². The molecule has 0 saturated heterocycles. The first-order valence-electron chi connectivity index (χ1n) is 10.4. The summed E-state index contributed by atoms with van der Waals surface area (Å²) in [5.74, 6) is -0.271. The van der Waals surface area contributed by atoms with Crippen molar-refractivity contribution in [1.29, 1.82) is 0 Å². The zero-order valence-electron chi connectivity index (χ0n) is 17.7. The third-order valence-corrected chi connectivity index (χ3v) is 6.31. The molecule has 1 saturated carbocycles. The predicted octanol–water partition coefficient (Wildman–Crippen LogP) is 4.80. The second kappa shape index (κ2) is 7.05. The van der Waals surface area contributed by atoms with Crippen LogP contribution in [0.15, 0.2) is 29.5 Å². The number of nitrogens with two attached hydrogens (primary N) is 1. The highest BCUT2D eigenvalue weighted by Crippen LogP contribution is 2.48. The van der Waals surface area contributed by atoms with Crippen molar-refractivity contribution < 1.29 is 14.3 Å². The lowest BCUT2D eigenvalue weighted by atomic mass is 9.69. The van der Waals surface area contributed by atoms with Crippen molar-refractivity contribution in [2.24, 2.45) is 5.73 Å². The van der Waals surface area contributed by atoms with Gasteiger partial charge in [0.25, 0.3) is 5.91 Å². The normalized spacial score (nSPS) is 22.7. The number of nitrogens with one attached hydrogen (secondary N) is 1. The van der Waals surface area contributed by atoms with E-state index in [-0.39, 0.29) is 5.91 Å². The Morgan fingerprint density at radius 1 is 1.33 bits per heavy atom. The van der Waals surface area contributed by atoms with Crippen LogP contribution in [0.4, 0.5) is 4.79 Å². The molecule has 1 spiro atoms. The number of amides is 2. The lowest BCUT2D eigenvalue weighted by Gasteiger charge is -2.51. The molecule has 0 radical (unpaired) electrons. The number of aromatic nitrogens is 1. The lowest BCUT2D eigenvalue weighted by molar-refractivity contribution is -0.0214. The van der Waals surface area contributed by atoms with E-state index >= 15 is 0 Å². The first-order chi connectivity index (χ1) is 14.1. The molecule has 0 unspecified atom stereocenters. The number of H-pyrrole nitrogens is 1. The number of aromatic amines is 1. The average Bonchev–Trinajstić information content (AvgIpc) is 2.97. The minimum absolute atomic E-state index is 0.271. The minimum atomic E-state index is -0.669. The summed E-state index contributed by atoms with van der Waals surface area (Å²) < 4.78 is 5.61. The van der Waals surface area contributed by atoms with Crippen molar-refractivity contribution in [3.05, 3.63) is 52.0 Å². The van der Waals surface area contributed by atoms with Gasteiger partial charge in [-0.15, -0.1) is 0 Å². The first kappa shape index (κ1) is 20.8. The summed E-state index contributed by atoms with van der Waals surface area (Å²) in [6, 6.07) is 0. The van der Waals surface area contributed by atoms with E-state index in [1.54, 1.807) is 12.3 Å². The Bertz CT molecular complexity index is 1010. The molecule has 2 aliphatic carbocycles. The maximum atomic E-state index is 13.7. The molecule has 2 amide bonds. The monoisotopic (exact) mass is 429 g/mol. The number of nitrogens with zero attached hydrogens (tertiary/aromatic N) is 1. The van der Waals surface area contributed by atoms with Gasteiger partial charge in [-0.05, 0) is 76.3 Å². The van der Waals surface area contributed by atoms with Crippen LogP contribution in [0.2, 0.25) is 0 Å². The highest BCUT2D eigenvalue weighted by atomic mass is 35.5. The molecule has 3 aliphatic rings. The van der Waals surface area contributed by atoms with Crippen LogP contribution < -0.4 is 5.73 Å². The Morgan fingerprint density at radius 2 is 2.03 bits per heavy atom. The van der Waals surface area contributed by atoms with E-state index in [9.17, 15) is 9.59 Å². The fourth-order valence-electron chi connectivity index (χ4n) is 4.82. The number of hydrogen-bond donors (Lipinski definition) is 2. The molecular formula is C23H28ClN3O3. The molecule has 1 aromatic heterocycles. The van der Waals surface area contributed by atoms with Crippen LogP contribution in [0, 0.1) is 0 Å². The van der Waals surface area contributed by atoms with Crippen LogP contribution >= 0.6 is 11.6 Å². The summed E-state index contributed by atoms with van der Waals surface area (Å²) in [4.78, 5) is 31.6. The molecule has 4 rings (SSSR count). The number of rotatable bonds is 1. The van der Waals surface area contributed by atoms with Crippen molar-refractivity contribution in [3.8, 4) is 0 Å². The topological polar surface area (TPSA) is 88.4 Å². The molecule has 30 heavy (non-hydrogen) atoms. The van der Waals surface area contributed by atoms with E-state index in [0.717, 1.165) is 47.4 Å². The number of fused-ring (bicyclic) bond motifs is 3. The standard InChI is InChI=1S/C23H28ClN3O3/c1-13(24)10-16-14(12-25)6-7-15-18-17(26-19(15)16)11-23(8-5-9-23)27(20(18)28)21(29)30-22(2,3)4/h10,12,26H,1,5-9,11,25H2,2-4H3/b14-12-,16-10+. The minimum Gasteiger partial charge on any atom is -0.443 e. The molecule has 160 valence electrons. The van der Waals surface area contributed by atoms with E-state index < -0.39 is 17.2 Å². The maximum Gasteiger partial charge on any atom is 0.417 e. The SMILES string of the molecule is C=C(Cl)/C=C1\C(=C/N)CCc2c1[nH]c1c2C(=O)N(C(=O)OC(C)(C)C)C2(CCC2)C1. The van der Waals surface area contributed by atoms with Gasteiger partial charge in [-0.2, -0.15) is 0 Å². The van der Waals surface area contributed by atoms with Gasteiger partial charge in [0.2, 0.25) is 0 Å². The third-order valence-electron chi connectivity index (χ3n) is 6.20. The molecule has 1 aliphatic heterocycles. The summed E-state index contributed by atoms with van der Waals surface area (Å²) in [5.41, 5.74) is 9.71. The van der Waals surface area contributed by atoms with Gasteiger partial charge >= 0.3 is 6.09 Å². The van der Waals surface area contributed by atoms with Gasteiger partial charge in [0.1, 0.15) is 5.60 Å². The highest BCUT2D eigenvalue weighted by Gasteiger charge is 2.54. The summed E-state index contributed by atoms with van der Waals surface area (Å²) in [6.07, 6.45) is 7.32. The van der Waals surface area contributed by atoms with E-state index in [1.807, 2.05) is 20.8 Å². The van der Waals surface area contributed by atoms with Gasteiger partial charge in [0, 0.05) is 22.7 Å². The number of ether oxygens (including phenoxy) is 1. The lowest BCUT2D eigenvalue weighted by Crippen LogP contribution is -2.63. The Hall–Kier alpha value is -2.47. The fraction of sp³-hybridized carbons (Fsp3) is 0.478. The third kappa shape index (κ3) is 3.27. The van der Waals surface area contributed by atoms with Crippen LogP contribution in [0.25, 0.3) is 5.57 Å². The average molecular weight is 430 g/mol. The van der Waals surface area contributed by atoms with E-state index in [0.29, 0.717) is 29.9 Å². The van der Waals surface area contributed by atoms with Crippen molar-refractivity contribution >= 4 is 29.2 Å². The number of carbonyl (C=O) groups excluding carboxylic acids is 2. The van der Waals surface area contributed by atoms with Crippen LogP contribution in [0.5, 0.6) is 0 Å². The van der Waals surface area contributed by atoms with Crippen molar-refractivity contribution in [2.75, 3.05) is 0 Å². The van der Waals surface area contributed by atoms with Gasteiger partial charge in [0.05, 0.1) is 16.8 Å². The summed E-state index contributed by atoms with van der Waals surface area (Å²) in [5, 5.41) is 0.391. The Morgan fingerprint density at radius 3 is 2.57 bits per heavy atom. The summed E-state index contributed by atoms with van der Waals surface area (Å²) >= 11 is 6.07. The Kier molecular flexibility index (Phi) is 4.88. The van der Waals surface area contributed by atoms with Crippen molar-refractivity contribution in [2.45, 2.75) is 70.4 Å². The molecule has 1 aromatic rings. The van der Waals surface area contributed by atoms with Gasteiger partial charge in [0.15, 0.2) is 0 Å². The van der Waals surface area contributed by atoms with E-state index in [1.165, 1.54) is 4.90 Å². The van der Waals surface area contributed by atoms with Gasteiger partial charge < -0.3 is 15.5 Å². The summed E-state index contributed by atoms with van der Waals surface area (Å²) in [6.45, 7) is 9.21. The largest absolute Gasteiger partial charge is 0.443 e. The van der Waals surface area contributed by atoms with Crippen LogP contribution in [0.3, 0.4) is 0 Å². The molecule has 0 atom stereocenters. The molecule has 1 fully saturated rings. The number of imide groups is 1. The summed E-state index contributed by atoms with van der Waals surface area (Å²) in [7, 11) is 0. The zero-order chi connectivity index (χ0) is 21.8. The number of carbonyl (C=O) groups is 2. The smallest absolute Gasteiger partial charge is 0.417 e. The predicted molar refractivity (Wildman–Crippen MR) is 117 cm³/mol. The Balaban J connectivity index is 1.82. The molecule has 0 bridgehead atoms. The zero-order valence-corrected chi connectivity index (χ0v) is 18.5. The Labute approximate surface area is 181 Å². The van der Waals surface area contributed by atoms with Gasteiger partial charge in [-0.3, -0.25) is 4.79 Å². The van der Waals surface area contributed by atoms with Crippen LogP contribution in [-0.2, 0) is 17.6 Å². The number of halogens is 1.